The number of nitro groups is 1. The molecule has 0 atom stereocenters. The first-order valence-corrected chi connectivity index (χ1v) is 9.18. The van der Waals surface area contributed by atoms with Gasteiger partial charge in [-0.2, -0.15) is 0 Å². The molecule has 1 amide bonds. The topological polar surface area (TPSA) is 83.7 Å². The summed E-state index contributed by atoms with van der Waals surface area (Å²) in [5.41, 5.74) is 1.20. The predicted octanol–water partition coefficient (Wildman–Crippen LogP) is 4.31. The molecule has 9 heteroatoms. The number of carbonyl (C=O) groups excluding carboxylic acids is 1. The van der Waals surface area contributed by atoms with Crippen LogP contribution in [0.1, 0.15) is 5.56 Å². The largest absolute Gasteiger partial charge is 0.507 e. The Morgan fingerprint density at radius 2 is 1.92 bits per heavy atom. The van der Waals surface area contributed by atoms with Crippen LogP contribution < -0.4 is 4.90 Å². The van der Waals surface area contributed by atoms with Gasteiger partial charge in [-0.25, -0.2) is 0 Å². The number of hydrogen-bond donors (Lipinski definition) is 1. The maximum atomic E-state index is 12.7. The van der Waals surface area contributed by atoms with Gasteiger partial charge in [0.05, 0.1) is 19.1 Å². The van der Waals surface area contributed by atoms with Crippen molar-refractivity contribution in [3.8, 4) is 5.75 Å². The lowest BCUT2D eigenvalue weighted by Crippen LogP contribution is -2.27. The Morgan fingerprint density at radius 1 is 1.24 bits per heavy atom. The number of nitrogens with zero attached hydrogens (tertiary/aromatic N) is 2. The second-order valence-corrected chi connectivity index (χ2v) is 7.84. The number of halogens is 1. The highest BCUT2D eigenvalue weighted by molar-refractivity contribution is 14.1. The molecule has 0 spiro atoms. The molecule has 0 bridgehead atoms. The summed E-state index contributed by atoms with van der Waals surface area (Å²) in [6, 6.07) is 10.7. The average molecular weight is 484 g/mol. The summed E-state index contributed by atoms with van der Waals surface area (Å²) < 4.78 is 1.04. The third-order valence-electron chi connectivity index (χ3n) is 3.38. The van der Waals surface area contributed by atoms with Crippen molar-refractivity contribution in [2.45, 2.75) is 0 Å². The molecular weight excluding hydrogens is 475 g/mol. The van der Waals surface area contributed by atoms with Crippen molar-refractivity contribution in [2.24, 2.45) is 0 Å². The lowest BCUT2D eigenvalue weighted by molar-refractivity contribution is -0.384. The van der Waals surface area contributed by atoms with Crippen LogP contribution in [0.4, 0.5) is 11.4 Å². The Kier molecular flexibility index (Phi) is 5.06. The molecule has 0 radical (unpaired) electrons. The van der Waals surface area contributed by atoms with E-state index < -0.39 is 4.92 Å². The van der Waals surface area contributed by atoms with Gasteiger partial charge in [0.1, 0.15) is 5.75 Å². The predicted molar refractivity (Wildman–Crippen MR) is 110 cm³/mol. The number of anilines is 1. The highest BCUT2D eigenvalue weighted by Gasteiger charge is 2.33. The van der Waals surface area contributed by atoms with E-state index in [4.69, 9.17) is 12.2 Å². The number of benzene rings is 2. The summed E-state index contributed by atoms with van der Waals surface area (Å²) in [5.74, 6) is -0.108. The fraction of sp³-hybridized carbons (Fsp3) is 0. The van der Waals surface area contributed by atoms with Gasteiger partial charge in [0.2, 0.25) is 0 Å². The number of thioether (sulfide) groups is 1. The Hall–Kier alpha value is -1.98. The second kappa shape index (κ2) is 7.10. The van der Waals surface area contributed by atoms with Crippen LogP contribution in [-0.4, -0.2) is 20.3 Å². The number of aromatic hydroxyl groups is 1. The van der Waals surface area contributed by atoms with E-state index in [9.17, 15) is 20.0 Å². The Bertz CT molecular complexity index is 928. The van der Waals surface area contributed by atoms with Gasteiger partial charge in [-0.1, -0.05) is 30.0 Å². The maximum Gasteiger partial charge on any atom is 0.270 e. The molecule has 1 fully saturated rings. The normalized spacial score (nSPS) is 15.9. The van der Waals surface area contributed by atoms with Gasteiger partial charge in [-0.3, -0.25) is 19.8 Å². The van der Waals surface area contributed by atoms with E-state index in [1.54, 1.807) is 24.3 Å². The van der Waals surface area contributed by atoms with Crippen molar-refractivity contribution in [3.05, 3.63) is 66.6 Å². The summed E-state index contributed by atoms with van der Waals surface area (Å²) in [6.07, 6.45) is 1.70. The lowest BCUT2D eigenvalue weighted by atomic mass is 10.2. The lowest BCUT2D eigenvalue weighted by Gasteiger charge is -2.13. The molecule has 1 heterocycles. The fourth-order valence-electron chi connectivity index (χ4n) is 2.18. The molecule has 126 valence electrons. The molecule has 1 aliphatic rings. The van der Waals surface area contributed by atoms with Crippen LogP contribution in [0.5, 0.6) is 5.75 Å². The molecule has 0 aliphatic carbocycles. The van der Waals surface area contributed by atoms with E-state index in [-0.39, 0.29) is 17.3 Å². The number of phenolic OH excluding ortho intramolecular Hbond substituents is 1. The van der Waals surface area contributed by atoms with Gasteiger partial charge >= 0.3 is 0 Å². The van der Waals surface area contributed by atoms with Crippen molar-refractivity contribution >= 4 is 74.2 Å². The monoisotopic (exact) mass is 484 g/mol. The molecule has 0 saturated carbocycles. The van der Waals surface area contributed by atoms with Crippen molar-refractivity contribution < 1.29 is 14.8 Å². The van der Waals surface area contributed by atoms with Gasteiger partial charge in [-0.15, -0.1) is 0 Å². The second-order valence-electron chi connectivity index (χ2n) is 5.00. The van der Waals surface area contributed by atoms with E-state index in [1.807, 2.05) is 22.6 Å². The van der Waals surface area contributed by atoms with Crippen LogP contribution in [0.15, 0.2) is 47.4 Å². The van der Waals surface area contributed by atoms with Crippen LogP contribution in [0.2, 0.25) is 0 Å². The zero-order valence-electron chi connectivity index (χ0n) is 12.4. The molecule has 1 N–H and O–H groups in total. The molecular formula is C16H9IN2O4S2. The van der Waals surface area contributed by atoms with E-state index >= 15 is 0 Å². The van der Waals surface area contributed by atoms with Crippen LogP contribution >= 0.6 is 46.6 Å². The number of nitro benzene ring substituents is 1. The molecule has 2 aromatic rings. The number of phenols is 1. The average Bonchev–Trinajstić information content (AvgIpc) is 2.85. The summed E-state index contributed by atoms with van der Waals surface area (Å²) >= 11 is 8.44. The third kappa shape index (κ3) is 3.67. The van der Waals surface area contributed by atoms with E-state index in [0.717, 1.165) is 17.3 Å². The van der Waals surface area contributed by atoms with E-state index in [0.29, 0.717) is 18.5 Å². The van der Waals surface area contributed by atoms with Crippen LogP contribution in [0, 0.1) is 13.7 Å². The minimum atomic E-state index is -0.500. The molecule has 1 aliphatic heterocycles. The van der Waals surface area contributed by atoms with Gasteiger partial charge in [-0.05, 0) is 58.5 Å². The highest BCUT2D eigenvalue weighted by Crippen LogP contribution is 2.36. The van der Waals surface area contributed by atoms with E-state index in [2.05, 4.69) is 0 Å². The SMILES string of the molecule is O=C1/C(=C\c2ccc(O)c(I)c2)SC(=S)N1c1ccc([N+](=O)[O-])cc1. The van der Waals surface area contributed by atoms with E-state index in [1.165, 1.54) is 29.2 Å². The number of amides is 1. The Balaban J connectivity index is 1.90. The zero-order valence-corrected chi connectivity index (χ0v) is 16.2. The minimum absolute atomic E-state index is 0.0524. The van der Waals surface area contributed by atoms with Crippen molar-refractivity contribution in [1.29, 1.82) is 0 Å². The van der Waals surface area contributed by atoms with Crippen LogP contribution in [0.3, 0.4) is 0 Å². The van der Waals surface area contributed by atoms with Crippen molar-refractivity contribution in [1.82, 2.24) is 0 Å². The van der Waals surface area contributed by atoms with Crippen LogP contribution in [-0.2, 0) is 4.79 Å². The first-order valence-electron chi connectivity index (χ1n) is 6.88. The molecule has 1 saturated heterocycles. The molecule has 3 rings (SSSR count). The smallest absolute Gasteiger partial charge is 0.270 e. The maximum absolute atomic E-state index is 12.7. The number of non-ortho nitro benzene ring substituents is 1. The standard InChI is InChI=1S/C16H9IN2O4S2/c17-12-7-9(1-6-13(12)20)8-14-15(21)18(16(24)25-14)10-2-4-11(5-3-10)19(22)23/h1-8,20H/b14-8+. The summed E-state index contributed by atoms with van der Waals surface area (Å²) in [5, 5.41) is 20.3. The Labute approximate surface area is 165 Å². The highest BCUT2D eigenvalue weighted by atomic mass is 127. The summed E-state index contributed by atoms with van der Waals surface area (Å²) in [4.78, 5) is 24.7. The third-order valence-corrected chi connectivity index (χ3v) is 5.55. The minimum Gasteiger partial charge on any atom is -0.507 e. The van der Waals surface area contributed by atoms with Gasteiger partial charge in [0.25, 0.3) is 11.6 Å². The molecule has 6 nitrogen and oxygen atoms in total. The van der Waals surface area contributed by atoms with Crippen molar-refractivity contribution in [2.75, 3.05) is 4.90 Å². The Morgan fingerprint density at radius 3 is 2.52 bits per heavy atom. The molecule has 2 aromatic carbocycles. The molecule has 25 heavy (non-hydrogen) atoms. The molecule has 0 aromatic heterocycles. The van der Waals surface area contributed by atoms with Gasteiger partial charge < -0.3 is 5.11 Å². The zero-order chi connectivity index (χ0) is 18.1. The molecule has 0 unspecified atom stereocenters. The summed E-state index contributed by atoms with van der Waals surface area (Å²) in [6.45, 7) is 0. The number of hydrogen-bond acceptors (Lipinski definition) is 6. The van der Waals surface area contributed by atoms with Crippen molar-refractivity contribution in [3.63, 3.8) is 0 Å². The van der Waals surface area contributed by atoms with Gasteiger partial charge in [0, 0.05) is 12.1 Å². The quantitative estimate of drug-likeness (QED) is 0.230. The summed E-state index contributed by atoms with van der Waals surface area (Å²) in [7, 11) is 0. The van der Waals surface area contributed by atoms with Crippen LogP contribution in [0.25, 0.3) is 6.08 Å². The fourth-order valence-corrected chi connectivity index (χ4v) is 4.02. The number of thiocarbonyl (C=S) groups is 1. The van der Waals surface area contributed by atoms with Gasteiger partial charge in [0.15, 0.2) is 4.32 Å². The number of carbonyl (C=O) groups is 1. The first-order chi connectivity index (χ1) is 11.9. The first kappa shape index (κ1) is 17.8. The number of rotatable bonds is 3.